The molecule has 0 spiro atoms. The van der Waals surface area contributed by atoms with Gasteiger partial charge in [-0.3, -0.25) is 9.98 Å². The Labute approximate surface area is 492 Å². The zero-order valence-corrected chi connectivity index (χ0v) is 46.9. The molecule has 0 fully saturated rings. The highest BCUT2D eigenvalue weighted by molar-refractivity contribution is 7.26. The molecule has 0 radical (unpaired) electrons. The molecule has 3 nitrogen and oxygen atoms in total. The Hall–Kier alpha value is -10.4. The van der Waals surface area contributed by atoms with Crippen molar-refractivity contribution in [1.82, 2.24) is 9.55 Å². The van der Waals surface area contributed by atoms with E-state index < -0.39 is 0 Å². The predicted molar refractivity (Wildman–Crippen MR) is 356 cm³/mol. The first-order valence-electron chi connectivity index (χ1n) is 28.9. The summed E-state index contributed by atoms with van der Waals surface area (Å²) in [7, 11) is 0. The molecule has 3 aliphatic carbocycles. The molecule has 10 aromatic carbocycles. The van der Waals surface area contributed by atoms with E-state index in [1.165, 1.54) is 120 Å². The molecule has 4 heteroatoms. The lowest BCUT2D eigenvalue weighted by Crippen LogP contribution is -1.98. The van der Waals surface area contributed by atoms with Crippen LogP contribution in [0.5, 0.6) is 0 Å². The fourth-order valence-electron chi connectivity index (χ4n) is 13.5. The molecule has 0 amide bonds. The number of fused-ring (bicyclic) bond motifs is 12. The van der Waals surface area contributed by atoms with Crippen LogP contribution in [-0.4, -0.2) is 15.8 Å². The number of pyridine rings is 1. The Morgan fingerprint density at radius 2 is 1.04 bits per heavy atom. The van der Waals surface area contributed by atoms with Gasteiger partial charge in [0.1, 0.15) is 0 Å². The Balaban J connectivity index is 0.788. The maximum Gasteiger partial charge on any atom is 0.0788 e. The highest BCUT2D eigenvalue weighted by Gasteiger charge is 2.25. The van der Waals surface area contributed by atoms with Crippen molar-refractivity contribution in [2.75, 3.05) is 0 Å². The molecule has 0 aliphatic heterocycles. The first kappa shape index (κ1) is 49.4. The quantitative estimate of drug-likeness (QED) is 0.0991. The molecule has 0 unspecified atom stereocenters. The lowest BCUT2D eigenvalue weighted by Gasteiger charge is -2.17. The van der Waals surface area contributed by atoms with Crippen molar-refractivity contribution in [3.63, 3.8) is 0 Å². The van der Waals surface area contributed by atoms with Crippen molar-refractivity contribution in [2.24, 2.45) is 4.99 Å². The Morgan fingerprint density at radius 1 is 0.488 bits per heavy atom. The van der Waals surface area contributed by atoms with Crippen LogP contribution in [0.1, 0.15) is 40.7 Å². The number of rotatable bonds is 10. The van der Waals surface area contributed by atoms with Crippen LogP contribution in [0, 0.1) is 12.3 Å². The summed E-state index contributed by atoms with van der Waals surface area (Å²) in [6.07, 6.45) is 21.2. The standard InChI is InChI=1S/C80H53N3S/c1-3-16-75(81-38-4-2)64-21-10-8-20-63(64)58-35-37-78-73(47-58)72-44-51(34-36-77(72)83(78)61-17-6-5-7-18-61)50-26-28-53-40-56-31-33-59(46-70(56)67(53)42-50)71-48-60(49-74-66-23-12-13-25-79(66)84-80(71)74)52-27-29-54-41-55-30-32-57(45-69(55)68(54)43-52)62-19-9-11-22-65(62)76-24-14-15-39-82-76/h1,4-7,9,11-39,42-49H,2,8,10,40-41H2/b75-16-,81-38?. The minimum atomic E-state index is 0.765. The van der Waals surface area contributed by atoms with Crippen LogP contribution in [-0.2, 0) is 12.8 Å². The largest absolute Gasteiger partial charge is 0.309 e. The average Bonchev–Trinajstić information content (AvgIpc) is 2.09. The van der Waals surface area contributed by atoms with E-state index in [1.807, 2.05) is 23.6 Å². The van der Waals surface area contributed by atoms with Crippen LogP contribution >= 0.6 is 11.3 Å². The summed E-state index contributed by atoms with van der Waals surface area (Å²) in [5, 5.41) is 4.99. The summed E-state index contributed by atoms with van der Waals surface area (Å²) in [5.41, 5.74) is 30.1. The van der Waals surface area contributed by atoms with Crippen molar-refractivity contribution in [1.29, 1.82) is 0 Å². The highest BCUT2D eigenvalue weighted by atomic mass is 32.1. The zero-order chi connectivity index (χ0) is 55.8. The molecule has 0 bridgehead atoms. The van der Waals surface area contributed by atoms with Crippen LogP contribution in [0.25, 0.3) is 131 Å². The number of hydrogen-bond acceptors (Lipinski definition) is 3. The predicted octanol–water partition coefficient (Wildman–Crippen LogP) is 20.9. The molecule has 0 atom stereocenters. The Bertz CT molecular complexity index is 5090. The first-order chi connectivity index (χ1) is 41.5. The number of allylic oxidation sites excluding steroid dienone is 5. The SMILES string of the molecule is C#C/C=C(\N=CC=C)C1=CCCC=C1c1ccc2c(c1)c1cc(-c3ccc4c(c3)-c3cc(-c5cc(-c6ccc7c(c6)-c6cc(-c8ccccc8-c8ccccn8)ccc6C7)cc6c5sc5ccccc56)ccc3C4)ccc1n2-c1ccccc1. The molecule has 84 heavy (non-hydrogen) atoms. The van der Waals surface area contributed by atoms with Gasteiger partial charge < -0.3 is 4.57 Å². The molecule has 0 saturated carbocycles. The van der Waals surface area contributed by atoms with E-state index in [1.54, 1.807) is 18.4 Å². The molecule has 394 valence electrons. The lowest BCUT2D eigenvalue weighted by molar-refractivity contribution is 1.02. The van der Waals surface area contributed by atoms with Gasteiger partial charge in [-0.25, -0.2) is 0 Å². The molecule has 0 N–H and O–H groups in total. The third-order valence-corrected chi connectivity index (χ3v) is 18.7. The average molecular weight is 1090 g/mol. The third-order valence-electron chi connectivity index (χ3n) is 17.5. The van der Waals surface area contributed by atoms with Gasteiger partial charge >= 0.3 is 0 Å². The van der Waals surface area contributed by atoms with Crippen LogP contribution < -0.4 is 0 Å². The second kappa shape index (κ2) is 20.2. The van der Waals surface area contributed by atoms with Gasteiger partial charge in [-0.05, 0) is 211 Å². The smallest absolute Gasteiger partial charge is 0.0788 e. The minimum Gasteiger partial charge on any atom is -0.309 e. The molecular weight excluding hydrogens is 1030 g/mol. The minimum absolute atomic E-state index is 0.765. The fraction of sp³-hybridized carbons (Fsp3) is 0.0500. The molecular formula is C80H53N3S. The third kappa shape index (κ3) is 8.27. The van der Waals surface area contributed by atoms with Gasteiger partial charge in [0.2, 0.25) is 0 Å². The normalized spacial score (nSPS) is 13.5. The van der Waals surface area contributed by atoms with Gasteiger partial charge in [-0.1, -0.05) is 158 Å². The second-order valence-electron chi connectivity index (χ2n) is 22.3. The van der Waals surface area contributed by atoms with E-state index >= 15 is 0 Å². The van der Waals surface area contributed by atoms with E-state index in [2.05, 4.69) is 242 Å². The number of hydrogen-bond donors (Lipinski definition) is 0. The number of aliphatic imine (C=N–C) groups is 1. The summed E-state index contributed by atoms with van der Waals surface area (Å²) < 4.78 is 5.02. The zero-order valence-electron chi connectivity index (χ0n) is 46.1. The van der Waals surface area contributed by atoms with Crippen molar-refractivity contribution >= 4 is 65.1 Å². The van der Waals surface area contributed by atoms with E-state index in [0.29, 0.717) is 0 Å². The summed E-state index contributed by atoms with van der Waals surface area (Å²) in [5.74, 6) is 2.73. The number of thiophene rings is 1. The lowest BCUT2D eigenvalue weighted by atomic mass is 9.89. The van der Waals surface area contributed by atoms with Gasteiger partial charge in [-0.2, -0.15) is 0 Å². The Morgan fingerprint density at radius 3 is 1.73 bits per heavy atom. The van der Waals surface area contributed by atoms with Crippen LogP contribution in [0.4, 0.5) is 0 Å². The van der Waals surface area contributed by atoms with Gasteiger partial charge in [0, 0.05) is 71.8 Å². The molecule has 16 rings (SSSR count). The number of terminal acetylenes is 1. The maximum atomic E-state index is 5.86. The van der Waals surface area contributed by atoms with Crippen LogP contribution in [0.2, 0.25) is 0 Å². The van der Waals surface area contributed by atoms with Crippen LogP contribution in [0.15, 0.2) is 272 Å². The number of para-hydroxylation sites is 1. The summed E-state index contributed by atoms with van der Waals surface area (Å²) in [4.78, 5) is 9.46. The molecule has 3 aromatic heterocycles. The van der Waals surface area contributed by atoms with Gasteiger partial charge in [0.15, 0.2) is 0 Å². The molecule has 0 saturated heterocycles. The maximum absolute atomic E-state index is 5.86. The highest BCUT2D eigenvalue weighted by Crippen LogP contribution is 2.49. The van der Waals surface area contributed by atoms with E-state index in [9.17, 15) is 0 Å². The van der Waals surface area contributed by atoms with Gasteiger partial charge in [-0.15, -0.1) is 17.8 Å². The summed E-state index contributed by atoms with van der Waals surface area (Å²) >= 11 is 1.90. The molecule has 13 aromatic rings. The van der Waals surface area contributed by atoms with E-state index in [-0.39, 0.29) is 0 Å². The Kier molecular flexibility index (Phi) is 11.9. The summed E-state index contributed by atoms with van der Waals surface area (Å²) in [6, 6.07) is 81.7. The topological polar surface area (TPSA) is 30.2 Å². The second-order valence-corrected chi connectivity index (χ2v) is 23.3. The van der Waals surface area contributed by atoms with Crippen molar-refractivity contribution in [3.05, 3.63) is 295 Å². The van der Waals surface area contributed by atoms with Crippen LogP contribution in [0.3, 0.4) is 0 Å². The monoisotopic (exact) mass is 1090 g/mol. The number of benzene rings is 10. The molecule has 3 aliphatic rings. The number of aromatic nitrogens is 2. The van der Waals surface area contributed by atoms with Gasteiger partial charge in [0.05, 0.1) is 22.4 Å². The van der Waals surface area contributed by atoms with Crippen molar-refractivity contribution in [3.8, 4) is 96.0 Å². The first-order valence-corrected chi connectivity index (χ1v) is 29.7. The molecule has 3 heterocycles. The number of nitrogens with zero attached hydrogens (tertiary/aromatic N) is 3. The fourth-order valence-corrected chi connectivity index (χ4v) is 14.8. The van der Waals surface area contributed by atoms with E-state index in [0.717, 1.165) is 76.1 Å². The van der Waals surface area contributed by atoms with Crippen molar-refractivity contribution < 1.29 is 0 Å². The van der Waals surface area contributed by atoms with Gasteiger partial charge in [0.25, 0.3) is 0 Å². The van der Waals surface area contributed by atoms with E-state index in [4.69, 9.17) is 16.4 Å². The summed E-state index contributed by atoms with van der Waals surface area (Å²) in [6.45, 7) is 3.86. The van der Waals surface area contributed by atoms with Crippen molar-refractivity contribution in [2.45, 2.75) is 25.7 Å².